The molecule has 0 radical (unpaired) electrons. The van der Waals surface area contributed by atoms with Gasteiger partial charge in [0, 0.05) is 6.54 Å². The fraction of sp³-hybridized carbons (Fsp3) is 0.235. The fourth-order valence-electron chi connectivity index (χ4n) is 2.18. The minimum Gasteiger partial charge on any atom is -0.354 e. The van der Waals surface area contributed by atoms with Crippen molar-refractivity contribution in [1.29, 1.82) is 0 Å². The average molecular weight is 350 g/mol. The molecule has 0 fully saturated rings. The molecular formula is C17H19FN2O3S. The molecule has 2 aromatic rings. The molecule has 1 N–H and O–H groups in total. The maximum Gasteiger partial charge on any atom is 0.240 e. The maximum absolute atomic E-state index is 13.0. The number of nitrogens with zero attached hydrogens (tertiary/aromatic N) is 1. The highest BCUT2D eigenvalue weighted by atomic mass is 32.2. The van der Waals surface area contributed by atoms with Gasteiger partial charge in [0.1, 0.15) is 12.4 Å². The number of nitrogens with one attached hydrogen (secondary N) is 1. The summed E-state index contributed by atoms with van der Waals surface area (Å²) in [5.41, 5.74) is 1.33. The third kappa shape index (κ3) is 5.34. The van der Waals surface area contributed by atoms with Crippen molar-refractivity contribution in [3.05, 3.63) is 66.0 Å². The molecule has 0 spiro atoms. The summed E-state index contributed by atoms with van der Waals surface area (Å²) in [7, 11) is -3.65. The maximum atomic E-state index is 13.0. The number of hydrogen-bond donors (Lipinski definition) is 1. The van der Waals surface area contributed by atoms with Gasteiger partial charge in [-0.1, -0.05) is 30.3 Å². The van der Waals surface area contributed by atoms with Crippen molar-refractivity contribution in [3.8, 4) is 0 Å². The molecule has 5 nitrogen and oxygen atoms in total. The van der Waals surface area contributed by atoms with Crippen LogP contribution in [-0.4, -0.2) is 33.7 Å². The van der Waals surface area contributed by atoms with Crippen LogP contribution in [0.4, 0.5) is 10.1 Å². The highest BCUT2D eigenvalue weighted by Gasteiger charge is 2.20. The number of amides is 1. The largest absolute Gasteiger partial charge is 0.354 e. The van der Waals surface area contributed by atoms with Gasteiger partial charge in [0.05, 0.1) is 11.9 Å². The van der Waals surface area contributed by atoms with E-state index in [9.17, 15) is 17.6 Å². The van der Waals surface area contributed by atoms with Crippen molar-refractivity contribution < 1.29 is 17.6 Å². The lowest BCUT2D eigenvalue weighted by molar-refractivity contribution is -0.119. The van der Waals surface area contributed by atoms with Crippen LogP contribution in [-0.2, 0) is 21.2 Å². The van der Waals surface area contributed by atoms with Gasteiger partial charge in [-0.3, -0.25) is 9.10 Å². The summed E-state index contributed by atoms with van der Waals surface area (Å²) in [6.07, 6.45) is 1.66. The zero-order chi connectivity index (χ0) is 17.6. The second-order valence-electron chi connectivity index (χ2n) is 5.33. The van der Waals surface area contributed by atoms with Gasteiger partial charge in [0.15, 0.2) is 0 Å². The number of carbonyl (C=O) groups excluding carboxylic acids is 1. The molecule has 1 amide bonds. The number of sulfonamides is 1. The van der Waals surface area contributed by atoms with Crippen molar-refractivity contribution in [3.63, 3.8) is 0 Å². The number of anilines is 1. The first-order chi connectivity index (χ1) is 11.4. The zero-order valence-corrected chi connectivity index (χ0v) is 14.1. The predicted molar refractivity (Wildman–Crippen MR) is 91.7 cm³/mol. The van der Waals surface area contributed by atoms with E-state index < -0.39 is 21.7 Å². The van der Waals surface area contributed by atoms with E-state index in [0.717, 1.165) is 28.3 Å². The molecular weight excluding hydrogens is 331 g/mol. The Kier molecular flexibility index (Phi) is 5.92. The van der Waals surface area contributed by atoms with E-state index in [1.165, 1.54) is 12.1 Å². The fourth-order valence-corrected chi connectivity index (χ4v) is 3.04. The Bertz CT molecular complexity index is 777. The standard InChI is InChI=1S/C17H19FN2O3S/c1-24(22,23)20(16-9-7-15(18)8-10-16)13-17(21)19-12-11-14-5-3-2-4-6-14/h2-10H,11-13H2,1H3,(H,19,21). The number of halogens is 1. The van der Waals surface area contributed by atoms with Crippen LogP contribution in [0.3, 0.4) is 0 Å². The molecule has 24 heavy (non-hydrogen) atoms. The average Bonchev–Trinajstić information content (AvgIpc) is 2.54. The molecule has 0 atom stereocenters. The third-order valence-corrected chi connectivity index (χ3v) is 4.52. The zero-order valence-electron chi connectivity index (χ0n) is 13.3. The van der Waals surface area contributed by atoms with E-state index in [-0.39, 0.29) is 12.2 Å². The molecule has 2 rings (SSSR count). The monoisotopic (exact) mass is 350 g/mol. The normalized spacial score (nSPS) is 11.1. The van der Waals surface area contributed by atoms with Crippen molar-refractivity contribution in [2.75, 3.05) is 23.7 Å². The molecule has 0 heterocycles. The molecule has 0 saturated heterocycles. The summed E-state index contributed by atoms with van der Waals surface area (Å²) in [4.78, 5) is 12.0. The number of rotatable bonds is 7. The van der Waals surface area contributed by atoms with E-state index in [1.807, 2.05) is 30.3 Å². The Labute approximate surface area is 141 Å². The summed E-state index contributed by atoms with van der Waals surface area (Å²) in [6, 6.07) is 14.6. The van der Waals surface area contributed by atoms with Crippen molar-refractivity contribution in [2.24, 2.45) is 0 Å². The number of hydrogen-bond acceptors (Lipinski definition) is 3. The Morgan fingerprint density at radius 2 is 1.71 bits per heavy atom. The summed E-state index contributed by atoms with van der Waals surface area (Å²) in [5.74, 6) is -0.889. The number of carbonyl (C=O) groups is 1. The van der Waals surface area contributed by atoms with Gasteiger partial charge >= 0.3 is 0 Å². The molecule has 0 saturated carbocycles. The van der Waals surface area contributed by atoms with Gasteiger partial charge in [-0.15, -0.1) is 0 Å². The van der Waals surface area contributed by atoms with Crippen LogP contribution in [0, 0.1) is 5.82 Å². The first-order valence-corrected chi connectivity index (χ1v) is 9.25. The van der Waals surface area contributed by atoms with E-state index in [2.05, 4.69) is 5.32 Å². The second kappa shape index (κ2) is 7.92. The van der Waals surface area contributed by atoms with E-state index in [4.69, 9.17) is 0 Å². The SMILES string of the molecule is CS(=O)(=O)N(CC(=O)NCCc1ccccc1)c1ccc(F)cc1. The molecule has 0 aliphatic carbocycles. The lowest BCUT2D eigenvalue weighted by Crippen LogP contribution is -2.40. The minimum atomic E-state index is -3.65. The minimum absolute atomic E-state index is 0.247. The topological polar surface area (TPSA) is 66.5 Å². The quantitative estimate of drug-likeness (QED) is 0.830. The van der Waals surface area contributed by atoms with Crippen LogP contribution in [0.5, 0.6) is 0 Å². The van der Waals surface area contributed by atoms with Crippen LogP contribution in [0.15, 0.2) is 54.6 Å². The molecule has 2 aromatic carbocycles. The van der Waals surface area contributed by atoms with Gasteiger partial charge in [-0.25, -0.2) is 12.8 Å². The molecule has 0 bridgehead atoms. The van der Waals surface area contributed by atoms with Gasteiger partial charge < -0.3 is 5.32 Å². The number of benzene rings is 2. The highest BCUT2D eigenvalue weighted by molar-refractivity contribution is 7.92. The van der Waals surface area contributed by atoms with Gasteiger partial charge in [-0.2, -0.15) is 0 Å². The van der Waals surface area contributed by atoms with E-state index >= 15 is 0 Å². The van der Waals surface area contributed by atoms with Crippen LogP contribution >= 0.6 is 0 Å². The molecule has 0 aliphatic heterocycles. The van der Waals surface area contributed by atoms with Crippen LogP contribution < -0.4 is 9.62 Å². The molecule has 0 aliphatic rings. The van der Waals surface area contributed by atoms with Crippen LogP contribution in [0.2, 0.25) is 0 Å². The molecule has 0 aromatic heterocycles. The van der Waals surface area contributed by atoms with Crippen molar-refractivity contribution >= 4 is 21.6 Å². The first-order valence-electron chi connectivity index (χ1n) is 7.40. The Morgan fingerprint density at radius 1 is 1.08 bits per heavy atom. The predicted octanol–water partition coefficient (Wildman–Crippen LogP) is 1.95. The third-order valence-electron chi connectivity index (χ3n) is 3.38. The summed E-state index contributed by atoms with van der Waals surface area (Å²) in [6.45, 7) is 0.0587. The van der Waals surface area contributed by atoms with Crippen molar-refractivity contribution in [2.45, 2.75) is 6.42 Å². The van der Waals surface area contributed by atoms with Gasteiger partial charge in [-0.05, 0) is 36.2 Å². The summed E-state index contributed by atoms with van der Waals surface area (Å²) in [5, 5.41) is 2.70. The van der Waals surface area contributed by atoms with Gasteiger partial charge in [0.25, 0.3) is 0 Å². The summed E-state index contributed by atoms with van der Waals surface area (Å²) >= 11 is 0. The lowest BCUT2D eigenvalue weighted by atomic mass is 10.1. The Hall–Kier alpha value is -2.41. The van der Waals surface area contributed by atoms with Crippen LogP contribution in [0.1, 0.15) is 5.56 Å². The first kappa shape index (κ1) is 17.9. The molecule has 0 unspecified atom stereocenters. The lowest BCUT2D eigenvalue weighted by Gasteiger charge is -2.21. The Balaban J connectivity index is 1.96. The van der Waals surface area contributed by atoms with E-state index in [0.29, 0.717) is 13.0 Å². The second-order valence-corrected chi connectivity index (χ2v) is 7.24. The van der Waals surface area contributed by atoms with Crippen LogP contribution in [0.25, 0.3) is 0 Å². The van der Waals surface area contributed by atoms with Gasteiger partial charge in [0.2, 0.25) is 15.9 Å². The molecule has 128 valence electrons. The van der Waals surface area contributed by atoms with E-state index in [1.54, 1.807) is 0 Å². The highest BCUT2D eigenvalue weighted by Crippen LogP contribution is 2.17. The Morgan fingerprint density at radius 3 is 2.29 bits per heavy atom. The van der Waals surface area contributed by atoms with Crippen molar-refractivity contribution in [1.82, 2.24) is 5.32 Å². The molecule has 7 heteroatoms. The smallest absolute Gasteiger partial charge is 0.240 e. The summed E-state index contributed by atoms with van der Waals surface area (Å²) < 4.78 is 37.7.